The van der Waals surface area contributed by atoms with E-state index in [0.717, 1.165) is 25.7 Å². The fourth-order valence-electron chi connectivity index (χ4n) is 5.04. The number of hydrogen-bond donors (Lipinski definition) is 10. The normalized spacial score (nSPS) is 43.8. The number of aliphatic hydroxyl groups excluding tert-OH is 10. The van der Waals surface area contributed by atoms with Crippen LogP contribution in [0.2, 0.25) is 0 Å². The highest BCUT2D eigenvalue weighted by Crippen LogP contribution is 2.30. The molecule has 3 aliphatic heterocycles. The van der Waals surface area contributed by atoms with E-state index in [1.165, 1.54) is 0 Å². The van der Waals surface area contributed by atoms with Gasteiger partial charge in [-0.1, -0.05) is 32.6 Å². The van der Waals surface area contributed by atoms with Crippen LogP contribution in [-0.4, -0.2) is 169 Å². The van der Waals surface area contributed by atoms with Crippen molar-refractivity contribution in [3.63, 3.8) is 0 Å². The van der Waals surface area contributed by atoms with Crippen LogP contribution in [-0.2, 0) is 33.2 Å². The average Bonchev–Trinajstić information content (AvgIpc) is 2.99. The first-order valence-corrected chi connectivity index (χ1v) is 14.5. The van der Waals surface area contributed by atoms with Gasteiger partial charge in [0.2, 0.25) is 0 Å². The van der Waals surface area contributed by atoms with Crippen LogP contribution in [0, 0.1) is 0 Å². The molecule has 0 aromatic heterocycles. The first kappa shape index (κ1) is 36.3. The number of carbonyl (C=O) groups excluding carboxylic acids is 1. The first-order valence-electron chi connectivity index (χ1n) is 14.5. The van der Waals surface area contributed by atoms with Gasteiger partial charge in [0.25, 0.3) is 0 Å². The van der Waals surface area contributed by atoms with Crippen LogP contribution in [0.15, 0.2) is 0 Å². The third-order valence-electron chi connectivity index (χ3n) is 7.79. The van der Waals surface area contributed by atoms with E-state index >= 15 is 0 Å². The summed E-state index contributed by atoms with van der Waals surface area (Å²) in [5.74, 6) is -0.544. The number of hydrogen-bond acceptors (Lipinski definition) is 17. The van der Waals surface area contributed by atoms with Crippen molar-refractivity contribution in [1.29, 1.82) is 0 Å². The standard InChI is InChI=1S/C26H46O17/c1-2-3-4-5-6-7-14(28)38-9-13-16(30)19(33)22(36)26(42-13)43-23-20(34)17(31)12(40-24(23)37)10-39-25-21(35)18(32)15(29)11(8-27)41-25/h11-13,15-27,29-37H,2-10H2,1H3/t11-,12-,13-,15-,16-,17-,18+,19+,20+,21-,22-,23-,24-,25-,26+/m1/s1. The van der Waals surface area contributed by atoms with Gasteiger partial charge in [-0.15, -0.1) is 0 Å². The van der Waals surface area contributed by atoms with Crippen LogP contribution >= 0.6 is 0 Å². The van der Waals surface area contributed by atoms with Gasteiger partial charge in [0, 0.05) is 6.42 Å². The summed E-state index contributed by atoms with van der Waals surface area (Å²) in [6.45, 7) is 0.280. The molecule has 0 aliphatic carbocycles. The van der Waals surface area contributed by atoms with Crippen LogP contribution in [0.4, 0.5) is 0 Å². The topological polar surface area (TPSA) is 275 Å². The Morgan fingerprint density at radius 1 is 0.628 bits per heavy atom. The van der Waals surface area contributed by atoms with Crippen LogP contribution in [0.3, 0.4) is 0 Å². The Morgan fingerprint density at radius 2 is 1.19 bits per heavy atom. The number of unbranched alkanes of at least 4 members (excludes halogenated alkanes) is 4. The van der Waals surface area contributed by atoms with Crippen molar-refractivity contribution < 1.29 is 84.3 Å². The maximum absolute atomic E-state index is 12.1. The Balaban J connectivity index is 1.53. The fourth-order valence-corrected chi connectivity index (χ4v) is 5.04. The Labute approximate surface area is 248 Å². The van der Waals surface area contributed by atoms with Gasteiger partial charge in [-0.3, -0.25) is 4.79 Å². The van der Waals surface area contributed by atoms with Crippen molar-refractivity contribution in [3.05, 3.63) is 0 Å². The van der Waals surface area contributed by atoms with Gasteiger partial charge in [-0.05, 0) is 6.42 Å². The lowest BCUT2D eigenvalue weighted by molar-refractivity contribution is -0.366. The molecule has 3 rings (SSSR count). The van der Waals surface area contributed by atoms with Crippen molar-refractivity contribution in [2.75, 3.05) is 19.8 Å². The van der Waals surface area contributed by atoms with Gasteiger partial charge in [-0.25, -0.2) is 0 Å². The lowest BCUT2D eigenvalue weighted by Gasteiger charge is -2.45. The second-order valence-electron chi connectivity index (χ2n) is 11.0. The second kappa shape index (κ2) is 17.0. The van der Waals surface area contributed by atoms with Gasteiger partial charge in [0.05, 0.1) is 13.2 Å². The summed E-state index contributed by atoms with van der Waals surface area (Å²) in [6, 6.07) is 0. The second-order valence-corrected chi connectivity index (χ2v) is 11.0. The highest BCUT2D eigenvalue weighted by molar-refractivity contribution is 5.69. The number of aliphatic hydroxyl groups is 10. The van der Waals surface area contributed by atoms with Gasteiger partial charge in [0.1, 0.15) is 79.9 Å². The van der Waals surface area contributed by atoms with Crippen molar-refractivity contribution >= 4 is 5.97 Å². The van der Waals surface area contributed by atoms with E-state index in [2.05, 4.69) is 6.92 Å². The maximum atomic E-state index is 12.1. The van der Waals surface area contributed by atoms with Gasteiger partial charge < -0.3 is 79.5 Å². The number of carbonyl (C=O) groups is 1. The zero-order chi connectivity index (χ0) is 31.8. The van der Waals surface area contributed by atoms with E-state index in [0.29, 0.717) is 6.42 Å². The highest BCUT2D eigenvalue weighted by atomic mass is 16.7. The smallest absolute Gasteiger partial charge is 0.305 e. The molecule has 0 spiro atoms. The summed E-state index contributed by atoms with van der Waals surface area (Å²) in [5.41, 5.74) is 0. The van der Waals surface area contributed by atoms with Crippen LogP contribution in [0.25, 0.3) is 0 Å². The minimum Gasteiger partial charge on any atom is -0.463 e. The average molecular weight is 631 g/mol. The molecule has 0 unspecified atom stereocenters. The van der Waals surface area contributed by atoms with E-state index in [1.807, 2.05) is 0 Å². The molecule has 15 atom stereocenters. The Bertz CT molecular complexity index is 833. The SMILES string of the molecule is CCCCCCCC(=O)OC[C@H]1O[C@@H](O[C@@H]2[C@@H](O)[C@H](O)[C@@H](CO[C@@H]3O[C@H](CO)[C@@H](O)[C@H](O)[C@H]3O)O[C@H]2O)[C@H](O)[C@@H](O)[C@@H]1O. The molecular formula is C26H46O17. The summed E-state index contributed by atoms with van der Waals surface area (Å²) in [4.78, 5) is 12.1. The Kier molecular flexibility index (Phi) is 14.3. The lowest BCUT2D eigenvalue weighted by atomic mass is 9.97. The summed E-state index contributed by atoms with van der Waals surface area (Å²) >= 11 is 0. The van der Waals surface area contributed by atoms with Crippen molar-refractivity contribution in [1.82, 2.24) is 0 Å². The zero-order valence-corrected chi connectivity index (χ0v) is 23.9. The predicted molar refractivity (Wildman–Crippen MR) is 139 cm³/mol. The molecule has 3 aliphatic rings. The molecular weight excluding hydrogens is 584 g/mol. The molecule has 10 N–H and O–H groups in total. The minimum absolute atomic E-state index is 0.147. The van der Waals surface area contributed by atoms with E-state index < -0.39 is 118 Å². The Hall–Kier alpha value is -1.13. The molecule has 252 valence electrons. The third kappa shape index (κ3) is 9.21. The fraction of sp³-hybridized carbons (Fsp3) is 0.962. The quantitative estimate of drug-likeness (QED) is 0.0638. The predicted octanol–water partition coefficient (Wildman–Crippen LogP) is -4.66. The molecule has 3 saturated heterocycles. The van der Waals surface area contributed by atoms with E-state index in [-0.39, 0.29) is 6.42 Å². The van der Waals surface area contributed by atoms with Crippen molar-refractivity contribution in [2.45, 2.75) is 138 Å². The summed E-state index contributed by atoms with van der Waals surface area (Å²) in [7, 11) is 0. The molecule has 0 radical (unpaired) electrons. The molecule has 0 saturated carbocycles. The third-order valence-corrected chi connectivity index (χ3v) is 7.79. The maximum Gasteiger partial charge on any atom is 0.305 e. The molecule has 43 heavy (non-hydrogen) atoms. The molecule has 3 heterocycles. The summed E-state index contributed by atoms with van der Waals surface area (Å²) < 4.78 is 31.9. The number of ether oxygens (including phenoxy) is 6. The largest absolute Gasteiger partial charge is 0.463 e. The monoisotopic (exact) mass is 630 g/mol. The molecule has 17 heteroatoms. The zero-order valence-electron chi connectivity index (χ0n) is 23.9. The molecule has 17 nitrogen and oxygen atoms in total. The lowest BCUT2D eigenvalue weighted by Crippen LogP contribution is -2.64. The summed E-state index contributed by atoms with van der Waals surface area (Å²) in [6.07, 6.45) is -20.4. The molecule has 0 aromatic rings. The minimum atomic E-state index is -1.95. The van der Waals surface area contributed by atoms with Gasteiger partial charge >= 0.3 is 5.97 Å². The summed E-state index contributed by atoms with van der Waals surface area (Å²) in [5, 5.41) is 102. The first-order chi connectivity index (χ1) is 20.4. The van der Waals surface area contributed by atoms with Gasteiger partial charge in [-0.2, -0.15) is 0 Å². The van der Waals surface area contributed by atoms with E-state index in [9.17, 15) is 55.9 Å². The van der Waals surface area contributed by atoms with Crippen LogP contribution in [0.1, 0.15) is 45.4 Å². The Morgan fingerprint density at radius 3 is 1.84 bits per heavy atom. The van der Waals surface area contributed by atoms with Crippen molar-refractivity contribution in [2.24, 2.45) is 0 Å². The molecule has 0 amide bonds. The molecule has 3 fully saturated rings. The number of rotatable bonds is 14. The van der Waals surface area contributed by atoms with E-state index in [1.54, 1.807) is 0 Å². The highest BCUT2D eigenvalue weighted by Gasteiger charge is 2.51. The molecule has 0 aromatic carbocycles. The van der Waals surface area contributed by atoms with Crippen molar-refractivity contribution in [3.8, 4) is 0 Å². The van der Waals surface area contributed by atoms with Crippen LogP contribution in [0.5, 0.6) is 0 Å². The molecule has 0 bridgehead atoms. The van der Waals surface area contributed by atoms with Crippen LogP contribution < -0.4 is 0 Å². The number of esters is 1. The van der Waals surface area contributed by atoms with Gasteiger partial charge in [0.15, 0.2) is 18.9 Å². The van der Waals surface area contributed by atoms with E-state index in [4.69, 9.17) is 28.4 Å².